The van der Waals surface area contributed by atoms with Gasteiger partial charge in [-0.3, -0.25) is 14.5 Å². The Labute approximate surface area is 138 Å². The molecule has 5 heteroatoms. The number of carbonyl (C=O) groups excluding carboxylic acids is 2. The lowest BCUT2D eigenvalue weighted by Crippen LogP contribution is -2.48. The lowest BCUT2D eigenvalue weighted by atomic mass is 10.1. The van der Waals surface area contributed by atoms with Crippen LogP contribution in [0.2, 0.25) is 0 Å². The molecule has 0 aliphatic carbocycles. The fraction of sp³-hybridized carbons (Fsp3) is 0.556. The monoisotopic (exact) mass is 317 g/mol. The third-order valence-electron chi connectivity index (χ3n) is 4.30. The van der Waals surface area contributed by atoms with Crippen LogP contribution in [0.5, 0.6) is 0 Å². The number of hydrogen-bond acceptors (Lipinski definition) is 3. The predicted octanol–water partition coefficient (Wildman–Crippen LogP) is 1.64. The Balaban J connectivity index is 2.04. The van der Waals surface area contributed by atoms with Gasteiger partial charge in [0.2, 0.25) is 11.8 Å². The molecule has 0 spiro atoms. The molecule has 1 aromatic rings. The standard InChI is InChI=1S/C18H27N3O2/c1-3-11-21(14-17(22)19-2)18(23)16-10-7-12-20(16)13-15-8-5-4-6-9-15/h4-6,8-9,16H,3,7,10-14H2,1-2H3,(H,19,22)/t16-/m1/s1. The summed E-state index contributed by atoms with van der Waals surface area (Å²) < 4.78 is 0. The molecule has 0 saturated carbocycles. The Kier molecular flexibility index (Phi) is 6.59. The van der Waals surface area contributed by atoms with E-state index in [0.29, 0.717) is 6.54 Å². The van der Waals surface area contributed by atoms with Crippen LogP contribution >= 0.6 is 0 Å². The first-order valence-electron chi connectivity index (χ1n) is 8.43. The minimum atomic E-state index is -0.112. The average Bonchev–Trinajstić information content (AvgIpc) is 3.02. The van der Waals surface area contributed by atoms with Gasteiger partial charge in [-0.05, 0) is 31.4 Å². The number of likely N-dealkylation sites (N-methyl/N-ethyl adjacent to an activating group) is 1. The van der Waals surface area contributed by atoms with Gasteiger partial charge in [0.1, 0.15) is 0 Å². The number of carbonyl (C=O) groups is 2. The van der Waals surface area contributed by atoms with E-state index in [9.17, 15) is 9.59 Å². The number of rotatable bonds is 7. The van der Waals surface area contributed by atoms with Crippen LogP contribution in [0.1, 0.15) is 31.7 Å². The van der Waals surface area contributed by atoms with Gasteiger partial charge in [-0.15, -0.1) is 0 Å². The van der Waals surface area contributed by atoms with Crippen molar-refractivity contribution >= 4 is 11.8 Å². The van der Waals surface area contributed by atoms with Crippen LogP contribution in [0.3, 0.4) is 0 Å². The van der Waals surface area contributed by atoms with E-state index in [-0.39, 0.29) is 24.4 Å². The molecule has 23 heavy (non-hydrogen) atoms. The molecule has 2 amide bonds. The number of amides is 2. The first kappa shape index (κ1) is 17.5. The van der Waals surface area contributed by atoms with Crippen LogP contribution in [0.25, 0.3) is 0 Å². The van der Waals surface area contributed by atoms with Crippen LogP contribution in [-0.4, -0.2) is 54.3 Å². The zero-order valence-corrected chi connectivity index (χ0v) is 14.1. The van der Waals surface area contributed by atoms with Crippen molar-refractivity contribution in [2.45, 2.75) is 38.8 Å². The maximum absolute atomic E-state index is 12.9. The fourth-order valence-electron chi connectivity index (χ4n) is 3.11. The maximum Gasteiger partial charge on any atom is 0.240 e. The van der Waals surface area contributed by atoms with E-state index >= 15 is 0 Å². The molecule has 0 aromatic heterocycles. The molecule has 0 bridgehead atoms. The molecular formula is C18H27N3O2. The van der Waals surface area contributed by atoms with Crippen molar-refractivity contribution in [2.75, 3.05) is 26.7 Å². The molecule has 0 unspecified atom stereocenters. The van der Waals surface area contributed by atoms with Crippen LogP contribution in [0.15, 0.2) is 30.3 Å². The van der Waals surface area contributed by atoms with E-state index in [1.165, 1.54) is 5.56 Å². The Bertz CT molecular complexity index is 518. The summed E-state index contributed by atoms with van der Waals surface area (Å²) in [6.45, 7) is 4.53. The average molecular weight is 317 g/mol. The summed E-state index contributed by atoms with van der Waals surface area (Å²) in [5, 5.41) is 2.60. The summed E-state index contributed by atoms with van der Waals surface area (Å²) in [6.07, 6.45) is 2.76. The van der Waals surface area contributed by atoms with Gasteiger partial charge in [0.15, 0.2) is 0 Å². The Morgan fingerprint density at radius 3 is 2.70 bits per heavy atom. The normalized spacial score (nSPS) is 17.9. The zero-order chi connectivity index (χ0) is 16.7. The third-order valence-corrected chi connectivity index (χ3v) is 4.30. The first-order valence-corrected chi connectivity index (χ1v) is 8.43. The molecule has 0 radical (unpaired) electrons. The zero-order valence-electron chi connectivity index (χ0n) is 14.1. The molecule has 1 N–H and O–H groups in total. The molecule has 1 saturated heterocycles. The van der Waals surface area contributed by atoms with Crippen molar-refractivity contribution in [2.24, 2.45) is 0 Å². The Morgan fingerprint density at radius 1 is 1.30 bits per heavy atom. The number of likely N-dealkylation sites (tertiary alicyclic amines) is 1. The van der Waals surface area contributed by atoms with Gasteiger partial charge in [0.25, 0.3) is 0 Å². The topological polar surface area (TPSA) is 52.7 Å². The van der Waals surface area contributed by atoms with Crippen molar-refractivity contribution < 1.29 is 9.59 Å². The summed E-state index contributed by atoms with van der Waals surface area (Å²) >= 11 is 0. The van der Waals surface area contributed by atoms with E-state index in [1.54, 1.807) is 11.9 Å². The quantitative estimate of drug-likeness (QED) is 0.832. The number of hydrogen-bond donors (Lipinski definition) is 1. The summed E-state index contributed by atoms with van der Waals surface area (Å²) in [6, 6.07) is 10.1. The van der Waals surface area contributed by atoms with Crippen LogP contribution in [0, 0.1) is 0 Å². The van der Waals surface area contributed by atoms with Gasteiger partial charge in [0, 0.05) is 20.1 Å². The van der Waals surface area contributed by atoms with Gasteiger partial charge in [-0.1, -0.05) is 37.3 Å². The van der Waals surface area contributed by atoms with Gasteiger partial charge in [-0.25, -0.2) is 0 Å². The lowest BCUT2D eigenvalue weighted by Gasteiger charge is -2.29. The minimum absolute atomic E-state index is 0.0869. The number of nitrogens with zero attached hydrogens (tertiary/aromatic N) is 2. The fourth-order valence-corrected chi connectivity index (χ4v) is 3.11. The molecule has 1 aliphatic rings. The van der Waals surface area contributed by atoms with Crippen molar-refractivity contribution in [1.82, 2.24) is 15.1 Å². The molecule has 5 nitrogen and oxygen atoms in total. The van der Waals surface area contributed by atoms with Crippen molar-refractivity contribution in [3.8, 4) is 0 Å². The molecule has 1 heterocycles. The predicted molar refractivity (Wildman–Crippen MR) is 90.8 cm³/mol. The first-order chi connectivity index (χ1) is 11.2. The lowest BCUT2D eigenvalue weighted by molar-refractivity contribution is -0.139. The molecular weight excluding hydrogens is 290 g/mol. The third kappa shape index (κ3) is 4.79. The second kappa shape index (κ2) is 8.67. The summed E-state index contributed by atoms with van der Waals surface area (Å²) in [5.41, 5.74) is 1.22. The molecule has 1 fully saturated rings. The van der Waals surface area contributed by atoms with Gasteiger partial charge in [-0.2, -0.15) is 0 Å². The summed E-state index contributed by atoms with van der Waals surface area (Å²) in [4.78, 5) is 28.5. The molecule has 1 aromatic carbocycles. The SMILES string of the molecule is CCCN(CC(=O)NC)C(=O)[C@H]1CCCN1Cc1ccccc1. The van der Waals surface area contributed by atoms with Crippen molar-refractivity contribution in [3.05, 3.63) is 35.9 Å². The highest BCUT2D eigenvalue weighted by Gasteiger charge is 2.33. The van der Waals surface area contributed by atoms with Crippen LogP contribution < -0.4 is 5.32 Å². The Morgan fingerprint density at radius 2 is 2.04 bits per heavy atom. The smallest absolute Gasteiger partial charge is 0.240 e. The highest BCUT2D eigenvalue weighted by Crippen LogP contribution is 2.22. The maximum atomic E-state index is 12.9. The van der Waals surface area contributed by atoms with Gasteiger partial charge < -0.3 is 10.2 Å². The highest BCUT2D eigenvalue weighted by molar-refractivity contribution is 5.87. The number of benzene rings is 1. The minimum Gasteiger partial charge on any atom is -0.358 e. The second-order valence-electron chi connectivity index (χ2n) is 6.05. The summed E-state index contributed by atoms with van der Waals surface area (Å²) in [7, 11) is 1.61. The number of nitrogens with one attached hydrogen (secondary N) is 1. The van der Waals surface area contributed by atoms with E-state index in [2.05, 4.69) is 22.3 Å². The molecule has 2 rings (SSSR count). The van der Waals surface area contributed by atoms with E-state index in [1.807, 2.05) is 25.1 Å². The van der Waals surface area contributed by atoms with Crippen LogP contribution in [0.4, 0.5) is 0 Å². The second-order valence-corrected chi connectivity index (χ2v) is 6.05. The van der Waals surface area contributed by atoms with E-state index in [0.717, 1.165) is 32.4 Å². The highest BCUT2D eigenvalue weighted by atomic mass is 16.2. The van der Waals surface area contributed by atoms with Gasteiger partial charge >= 0.3 is 0 Å². The van der Waals surface area contributed by atoms with E-state index < -0.39 is 0 Å². The van der Waals surface area contributed by atoms with E-state index in [4.69, 9.17) is 0 Å². The molecule has 126 valence electrons. The Hall–Kier alpha value is -1.88. The van der Waals surface area contributed by atoms with Gasteiger partial charge in [0.05, 0.1) is 12.6 Å². The largest absolute Gasteiger partial charge is 0.358 e. The molecule has 1 atom stereocenters. The molecule has 1 aliphatic heterocycles. The van der Waals surface area contributed by atoms with Crippen molar-refractivity contribution in [3.63, 3.8) is 0 Å². The van der Waals surface area contributed by atoms with Crippen LogP contribution in [-0.2, 0) is 16.1 Å². The summed E-state index contributed by atoms with van der Waals surface area (Å²) in [5.74, 6) is -0.0247. The van der Waals surface area contributed by atoms with Crippen molar-refractivity contribution in [1.29, 1.82) is 0 Å².